The summed E-state index contributed by atoms with van der Waals surface area (Å²) in [7, 11) is 0. The van der Waals surface area contributed by atoms with Crippen molar-refractivity contribution in [1.29, 1.82) is 5.26 Å². The molecule has 1 heterocycles. The molecule has 0 spiro atoms. The number of hydrogen-bond donors (Lipinski definition) is 1. The van der Waals surface area contributed by atoms with Crippen molar-refractivity contribution in [2.24, 2.45) is 0 Å². The largest absolute Gasteiger partial charge is 0.310 e. The third-order valence-electron chi connectivity index (χ3n) is 1.94. The maximum atomic E-state index is 8.75. The molecule has 0 amide bonds. The third kappa shape index (κ3) is 5.15. The van der Waals surface area contributed by atoms with Gasteiger partial charge in [-0.2, -0.15) is 5.26 Å². The van der Waals surface area contributed by atoms with Gasteiger partial charge in [0.25, 0.3) is 0 Å². The molecule has 1 aromatic rings. The first-order valence-corrected chi connectivity index (χ1v) is 6.38. The Labute approximate surface area is 106 Å². The Morgan fingerprint density at radius 2 is 2.24 bits per heavy atom. The number of tetrazole rings is 1. The van der Waals surface area contributed by atoms with Gasteiger partial charge >= 0.3 is 0 Å². The maximum absolute atomic E-state index is 8.75. The van der Waals surface area contributed by atoms with Crippen LogP contribution in [0.5, 0.6) is 0 Å². The van der Waals surface area contributed by atoms with Crippen LogP contribution in [0.2, 0.25) is 0 Å². The topological polar surface area (TPSA) is 79.4 Å². The van der Waals surface area contributed by atoms with E-state index in [1.807, 2.05) is 6.92 Å². The lowest BCUT2D eigenvalue weighted by atomic mass is 10.1. The van der Waals surface area contributed by atoms with Crippen molar-refractivity contribution in [3.05, 3.63) is 0 Å². The molecule has 0 saturated heterocycles. The molecule has 0 aliphatic rings. The molecule has 0 aliphatic carbocycles. The molecule has 0 aliphatic heterocycles. The van der Waals surface area contributed by atoms with E-state index in [0.29, 0.717) is 11.7 Å². The van der Waals surface area contributed by atoms with Crippen LogP contribution in [0.4, 0.5) is 0 Å². The van der Waals surface area contributed by atoms with Gasteiger partial charge in [0.15, 0.2) is 0 Å². The molecule has 1 atom stereocenters. The van der Waals surface area contributed by atoms with E-state index in [1.54, 1.807) is 4.68 Å². The first-order valence-electron chi connectivity index (χ1n) is 5.50. The summed E-state index contributed by atoms with van der Waals surface area (Å²) in [4.78, 5) is 0. The SMILES string of the molecule is CC(C#N)Sc1nnnn1CCNC(C)(C)C. The molecule has 0 saturated carbocycles. The van der Waals surface area contributed by atoms with Crippen molar-refractivity contribution < 1.29 is 0 Å². The van der Waals surface area contributed by atoms with Gasteiger partial charge in [-0.15, -0.1) is 5.10 Å². The summed E-state index contributed by atoms with van der Waals surface area (Å²) in [6.07, 6.45) is 0. The monoisotopic (exact) mass is 254 g/mol. The van der Waals surface area contributed by atoms with Gasteiger partial charge in [-0.3, -0.25) is 0 Å². The summed E-state index contributed by atoms with van der Waals surface area (Å²) >= 11 is 1.37. The second kappa shape index (κ2) is 5.98. The van der Waals surface area contributed by atoms with E-state index in [1.165, 1.54) is 11.8 Å². The van der Waals surface area contributed by atoms with E-state index in [4.69, 9.17) is 5.26 Å². The zero-order chi connectivity index (χ0) is 12.9. The van der Waals surface area contributed by atoms with E-state index in [-0.39, 0.29) is 10.8 Å². The average Bonchev–Trinajstić information content (AvgIpc) is 2.64. The van der Waals surface area contributed by atoms with Gasteiger partial charge in [0, 0.05) is 12.1 Å². The van der Waals surface area contributed by atoms with Crippen molar-refractivity contribution in [3.63, 3.8) is 0 Å². The minimum atomic E-state index is -0.143. The summed E-state index contributed by atoms with van der Waals surface area (Å²) in [6.45, 7) is 9.66. The standard InChI is InChI=1S/C10H18N6S/c1-8(7-11)17-9-13-14-15-16(9)6-5-12-10(2,3)4/h8,12H,5-6H2,1-4H3. The molecule has 0 fully saturated rings. The van der Waals surface area contributed by atoms with Crippen LogP contribution in [0.1, 0.15) is 27.7 Å². The van der Waals surface area contributed by atoms with Crippen LogP contribution in [0, 0.1) is 11.3 Å². The van der Waals surface area contributed by atoms with Crippen molar-refractivity contribution in [3.8, 4) is 6.07 Å². The van der Waals surface area contributed by atoms with Crippen LogP contribution in [0.25, 0.3) is 0 Å². The molecular formula is C10H18N6S. The van der Waals surface area contributed by atoms with Crippen molar-refractivity contribution in [2.75, 3.05) is 6.54 Å². The summed E-state index contributed by atoms with van der Waals surface area (Å²) in [6, 6.07) is 2.15. The van der Waals surface area contributed by atoms with E-state index >= 15 is 0 Å². The Balaban J connectivity index is 2.49. The Bertz CT molecular complexity index is 388. The van der Waals surface area contributed by atoms with Gasteiger partial charge in [0.05, 0.1) is 17.9 Å². The van der Waals surface area contributed by atoms with Crippen LogP contribution in [0.3, 0.4) is 0 Å². The molecule has 0 bridgehead atoms. The van der Waals surface area contributed by atoms with Crippen LogP contribution >= 0.6 is 11.8 Å². The van der Waals surface area contributed by atoms with Gasteiger partial charge in [0.1, 0.15) is 0 Å². The van der Waals surface area contributed by atoms with Crippen molar-refractivity contribution >= 4 is 11.8 Å². The molecule has 1 rings (SSSR count). The van der Waals surface area contributed by atoms with Crippen LogP contribution < -0.4 is 5.32 Å². The fourth-order valence-corrected chi connectivity index (χ4v) is 1.84. The van der Waals surface area contributed by atoms with Gasteiger partial charge in [-0.1, -0.05) is 11.8 Å². The Hall–Kier alpha value is -1.13. The lowest BCUT2D eigenvalue weighted by Crippen LogP contribution is -2.38. The number of rotatable bonds is 5. The molecule has 1 N–H and O–H groups in total. The molecule has 0 radical (unpaired) electrons. The van der Waals surface area contributed by atoms with E-state index in [2.05, 4.69) is 47.7 Å². The highest BCUT2D eigenvalue weighted by atomic mass is 32.2. The number of aromatic nitrogens is 4. The molecule has 94 valence electrons. The molecule has 0 aromatic carbocycles. The maximum Gasteiger partial charge on any atom is 0.210 e. The molecule has 6 nitrogen and oxygen atoms in total. The normalized spacial score (nSPS) is 13.4. The Morgan fingerprint density at radius 1 is 1.53 bits per heavy atom. The average molecular weight is 254 g/mol. The van der Waals surface area contributed by atoms with E-state index in [0.717, 1.165) is 6.54 Å². The quantitative estimate of drug-likeness (QED) is 0.792. The molecular weight excluding hydrogens is 236 g/mol. The highest BCUT2D eigenvalue weighted by Gasteiger charge is 2.12. The van der Waals surface area contributed by atoms with Crippen molar-refractivity contribution in [1.82, 2.24) is 25.5 Å². The molecule has 7 heteroatoms. The minimum Gasteiger partial charge on any atom is -0.310 e. The summed E-state index contributed by atoms with van der Waals surface area (Å²) in [5.74, 6) is 0. The van der Waals surface area contributed by atoms with Gasteiger partial charge in [-0.05, 0) is 38.1 Å². The predicted octanol–water partition coefficient (Wildman–Crippen LogP) is 1.07. The highest BCUT2D eigenvalue weighted by molar-refractivity contribution is 8.00. The van der Waals surface area contributed by atoms with Gasteiger partial charge < -0.3 is 5.32 Å². The Morgan fingerprint density at radius 3 is 2.82 bits per heavy atom. The summed E-state index contributed by atoms with van der Waals surface area (Å²) < 4.78 is 1.72. The summed E-state index contributed by atoms with van der Waals surface area (Å²) in [5.41, 5.74) is 0.0846. The number of nitriles is 1. The molecule has 1 aromatic heterocycles. The fourth-order valence-electron chi connectivity index (χ4n) is 1.14. The van der Waals surface area contributed by atoms with E-state index in [9.17, 15) is 0 Å². The number of thioether (sulfide) groups is 1. The Kier molecular flexibility index (Phi) is 4.90. The predicted molar refractivity (Wildman–Crippen MR) is 66.5 cm³/mol. The second-order valence-electron chi connectivity index (χ2n) is 4.75. The lowest BCUT2D eigenvalue weighted by Gasteiger charge is -2.20. The highest BCUT2D eigenvalue weighted by Crippen LogP contribution is 2.18. The van der Waals surface area contributed by atoms with Crippen LogP contribution in [-0.2, 0) is 6.54 Å². The number of hydrogen-bond acceptors (Lipinski definition) is 6. The van der Waals surface area contributed by atoms with Crippen molar-refractivity contribution in [2.45, 2.75) is 50.2 Å². The minimum absolute atomic E-state index is 0.0846. The van der Waals surface area contributed by atoms with Crippen LogP contribution in [0.15, 0.2) is 5.16 Å². The van der Waals surface area contributed by atoms with Crippen LogP contribution in [-0.4, -0.2) is 37.5 Å². The smallest absolute Gasteiger partial charge is 0.210 e. The second-order valence-corrected chi connectivity index (χ2v) is 6.06. The molecule has 17 heavy (non-hydrogen) atoms. The third-order valence-corrected chi connectivity index (χ3v) is 2.90. The fraction of sp³-hybridized carbons (Fsp3) is 0.800. The number of nitrogens with one attached hydrogen (secondary N) is 1. The van der Waals surface area contributed by atoms with Gasteiger partial charge in [-0.25, -0.2) is 4.68 Å². The lowest BCUT2D eigenvalue weighted by molar-refractivity contribution is 0.396. The van der Waals surface area contributed by atoms with E-state index < -0.39 is 0 Å². The van der Waals surface area contributed by atoms with Gasteiger partial charge in [0.2, 0.25) is 5.16 Å². The first-order chi connectivity index (χ1) is 7.92. The zero-order valence-electron chi connectivity index (χ0n) is 10.6. The zero-order valence-corrected chi connectivity index (χ0v) is 11.5. The molecule has 1 unspecified atom stereocenters. The summed E-state index contributed by atoms with van der Waals surface area (Å²) in [5, 5.41) is 24.1. The first kappa shape index (κ1) is 13.9. The number of nitrogens with zero attached hydrogens (tertiary/aromatic N) is 5.